The Kier molecular flexibility index (Phi) is 12.8. The summed E-state index contributed by atoms with van der Waals surface area (Å²) >= 11 is 0. The van der Waals surface area contributed by atoms with Crippen molar-refractivity contribution in [3.63, 3.8) is 0 Å². The van der Waals surface area contributed by atoms with E-state index in [1.807, 2.05) is 31.2 Å². The third kappa shape index (κ3) is 9.28. The van der Waals surface area contributed by atoms with Crippen molar-refractivity contribution >= 4 is 0 Å². The van der Waals surface area contributed by atoms with Gasteiger partial charge in [-0.1, -0.05) is 64.0 Å². The largest absolute Gasteiger partial charge is 0.491 e. The van der Waals surface area contributed by atoms with Gasteiger partial charge in [0.25, 0.3) is 0 Å². The highest BCUT2D eigenvalue weighted by atomic mass is 16.5. The van der Waals surface area contributed by atoms with Crippen LogP contribution in [0.25, 0.3) is 0 Å². The summed E-state index contributed by atoms with van der Waals surface area (Å²) in [4.78, 5) is 0. The Balaban J connectivity index is 5.06. The van der Waals surface area contributed by atoms with Crippen LogP contribution in [0.3, 0.4) is 0 Å². The van der Waals surface area contributed by atoms with Crippen LogP contribution in [0.5, 0.6) is 0 Å². The number of allylic oxidation sites excluding steroid dienone is 9. The van der Waals surface area contributed by atoms with Crippen molar-refractivity contribution < 1.29 is 14.6 Å². The molecule has 0 aromatic heterocycles. The van der Waals surface area contributed by atoms with E-state index in [4.69, 9.17) is 9.47 Å². The fourth-order valence-corrected chi connectivity index (χ4v) is 2.45. The second-order valence-corrected chi connectivity index (χ2v) is 5.85. The van der Waals surface area contributed by atoms with Crippen molar-refractivity contribution in [1.82, 2.24) is 0 Å². The third-order valence-electron chi connectivity index (χ3n) is 4.03. The summed E-state index contributed by atoms with van der Waals surface area (Å²) in [5.74, 6) is 1.39. The normalized spacial score (nSPS) is 14.5. The maximum Gasteiger partial charge on any atom is 0.120 e. The molecule has 144 valence electrons. The van der Waals surface area contributed by atoms with Gasteiger partial charge >= 0.3 is 0 Å². The highest BCUT2D eigenvalue weighted by Gasteiger charge is 2.32. The molecule has 0 saturated heterocycles. The molecule has 0 spiro atoms. The maximum atomic E-state index is 10.5. The van der Waals surface area contributed by atoms with Crippen LogP contribution >= 0.6 is 0 Å². The molecule has 1 atom stereocenters. The Hall–Kier alpha value is -2.26. The second-order valence-electron chi connectivity index (χ2n) is 5.85. The fraction of sp³-hybridized carbons (Fsp3) is 0.391. The van der Waals surface area contributed by atoms with Gasteiger partial charge in [-0.15, -0.1) is 0 Å². The molecule has 0 radical (unpaired) electrons. The SMILES string of the molecule is C=C/C=C\C(=C/C)OCC(O)CC(CC)(CC)OC(/C=C\C=C)=C/C=C. The van der Waals surface area contributed by atoms with Gasteiger partial charge in [-0.3, -0.25) is 0 Å². The molecule has 3 heteroatoms. The zero-order valence-electron chi connectivity index (χ0n) is 16.5. The standard InChI is InChI=1S/C23H34O3/c1-7-13-16-21(10-4)25-19-20(24)18-23(11-5,12-6)26-22(15-9-3)17-14-8-2/h7-10,13-17,20,24H,1-3,11-12,18-19H2,4-6H3/b16-13-,17-14-,21-10+,22-15+. The lowest BCUT2D eigenvalue weighted by atomic mass is 9.90. The maximum absolute atomic E-state index is 10.5. The summed E-state index contributed by atoms with van der Waals surface area (Å²) in [5.41, 5.74) is -0.476. The predicted octanol–water partition coefficient (Wildman–Crippen LogP) is 5.79. The Bertz CT molecular complexity index is 546. The van der Waals surface area contributed by atoms with Crippen LogP contribution in [0, 0.1) is 0 Å². The average Bonchev–Trinajstić information content (AvgIpc) is 2.65. The first-order valence-corrected chi connectivity index (χ1v) is 9.07. The van der Waals surface area contributed by atoms with E-state index in [2.05, 4.69) is 33.6 Å². The zero-order chi connectivity index (χ0) is 19.8. The smallest absolute Gasteiger partial charge is 0.120 e. The van der Waals surface area contributed by atoms with Gasteiger partial charge in [-0.25, -0.2) is 0 Å². The molecule has 0 rings (SSSR count). The van der Waals surface area contributed by atoms with Gasteiger partial charge in [0.2, 0.25) is 0 Å². The summed E-state index contributed by atoms with van der Waals surface area (Å²) < 4.78 is 11.9. The minimum absolute atomic E-state index is 0.204. The van der Waals surface area contributed by atoms with Crippen molar-refractivity contribution in [1.29, 1.82) is 0 Å². The van der Waals surface area contributed by atoms with E-state index >= 15 is 0 Å². The molecule has 0 aromatic carbocycles. The van der Waals surface area contributed by atoms with Gasteiger partial charge in [0.05, 0.1) is 6.10 Å². The highest BCUT2D eigenvalue weighted by Crippen LogP contribution is 2.30. The predicted molar refractivity (Wildman–Crippen MR) is 112 cm³/mol. The van der Waals surface area contributed by atoms with Crippen LogP contribution in [0.15, 0.2) is 85.9 Å². The Morgan fingerprint density at radius 1 is 1.00 bits per heavy atom. The Labute approximate surface area is 159 Å². The molecule has 0 amide bonds. The van der Waals surface area contributed by atoms with E-state index in [-0.39, 0.29) is 6.61 Å². The van der Waals surface area contributed by atoms with Crippen LogP contribution in [-0.4, -0.2) is 23.4 Å². The summed E-state index contributed by atoms with van der Waals surface area (Å²) in [7, 11) is 0. The molecule has 0 bridgehead atoms. The molecule has 0 aliphatic rings. The van der Waals surface area contributed by atoms with Gasteiger partial charge in [0, 0.05) is 6.42 Å². The van der Waals surface area contributed by atoms with Crippen LogP contribution < -0.4 is 0 Å². The Morgan fingerprint density at radius 3 is 2.04 bits per heavy atom. The quantitative estimate of drug-likeness (QED) is 0.316. The zero-order valence-corrected chi connectivity index (χ0v) is 16.5. The van der Waals surface area contributed by atoms with Crippen LogP contribution in [0.1, 0.15) is 40.0 Å². The van der Waals surface area contributed by atoms with E-state index < -0.39 is 11.7 Å². The molecule has 26 heavy (non-hydrogen) atoms. The molecule has 0 aliphatic carbocycles. The molecule has 0 saturated carbocycles. The fourth-order valence-electron chi connectivity index (χ4n) is 2.45. The molecule has 0 fully saturated rings. The van der Waals surface area contributed by atoms with Crippen molar-refractivity contribution in [3.8, 4) is 0 Å². The van der Waals surface area contributed by atoms with Crippen LogP contribution in [-0.2, 0) is 9.47 Å². The molecule has 0 aliphatic heterocycles. The van der Waals surface area contributed by atoms with Crippen molar-refractivity contribution in [2.24, 2.45) is 0 Å². The van der Waals surface area contributed by atoms with Gasteiger partial charge in [-0.2, -0.15) is 0 Å². The lowest BCUT2D eigenvalue weighted by Gasteiger charge is -2.35. The van der Waals surface area contributed by atoms with Crippen molar-refractivity contribution in [3.05, 3.63) is 85.9 Å². The van der Waals surface area contributed by atoms with Gasteiger partial charge < -0.3 is 14.6 Å². The van der Waals surface area contributed by atoms with E-state index in [1.165, 1.54) is 0 Å². The Morgan fingerprint density at radius 2 is 1.58 bits per heavy atom. The number of ether oxygens (including phenoxy) is 2. The second kappa shape index (κ2) is 14.0. The number of rotatable bonds is 14. The first-order valence-electron chi connectivity index (χ1n) is 9.07. The molecule has 1 unspecified atom stereocenters. The molecule has 3 nitrogen and oxygen atoms in total. The number of hydrogen-bond donors (Lipinski definition) is 1. The van der Waals surface area contributed by atoms with Crippen molar-refractivity contribution in [2.75, 3.05) is 6.61 Å². The first kappa shape index (κ1) is 23.7. The van der Waals surface area contributed by atoms with E-state index in [0.717, 1.165) is 12.8 Å². The van der Waals surface area contributed by atoms with Crippen molar-refractivity contribution in [2.45, 2.75) is 51.7 Å². The first-order chi connectivity index (χ1) is 12.5. The monoisotopic (exact) mass is 358 g/mol. The minimum Gasteiger partial charge on any atom is -0.491 e. The topological polar surface area (TPSA) is 38.7 Å². The van der Waals surface area contributed by atoms with E-state index in [9.17, 15) is 5.11 Å². The third-order valence-corrected chi connectivity index (χ3v) is 4.03. The molecular formula is C23H34O3. The number of aliphatic hydroxyl groups excluding tert-OH is 1. The molecular weight excluding hydrogens is 324 g/mol. The number of aliphatic hydroxyl groups is 1. The lowest BCUT2D eigenvalue weighted by Crippen LogP contribution is -2.36. The van der Waals surface area contributed by atoms with Crippen LogP contribution in [0.2, 0.25) is 0 Å². The molecule has 0 heterocycles. The summed E-state index contributed by atoms with van der Waals surface area (Å²) in [6.45, 7) is 17.3. The summed E-state index contributed by atoms with van der Waals surface area (Å²) in [6.07, 6.45) is 17.3. The van der Waals surface area contributed by atoms with Gasteiger partial charge in [0.15, 0.2) is 0 Å². The van der Waals surface area contributed by atoms with E-state index in [0.29, 0.717) is 17.9 Å². The molecule has 0 aromatic rings. The van der Waals surface area contributed by atoms with E-state index in [1.54, 1.807) is 30.4 Å². The van der Waals surface area contributed by atoms with Gasteiger partial charge in [0.1, 0.15) is 23.7 Å². The van der Waals surface area contributed by atoms with Gasteiger partial charge in [-0.05, 0) is 44.1 Å². The van der Waals surface area contributed by atoms with Crippen LogP contribution in [0.4, 0.5) is 0 Å². The number of hydrogen-bond acceptors (Lipinski definition) is 3. The summed E-state index contributed by atoms with van der Waals surface area (Å²) in [6, 6.07) is 0. The minimum atomic E-state index is -0.643. The molecule has 1 N–H and O–H groups in total. The lowest BCUT2D eigenvalue weighted by molar-refractivity contribution is -0.0519. The summed E-state index contributed by atoms with van der Waals surface area (Å²) in [5, 5.41) is 10.5. The highest BCUT2D eigenvalue weighted by molar-refractivity contribution is 5.21. The average molecular weight is 359 g/mol.